The second-order valence-electron chi connectivity index (χ2n) is 10.8. The molecule has 0 fully saturated rings. The highest BCUT2D eigenvalue weighted by Crippen LogP contribution is 2.32. The molecule has 0 radical (unpaired) electrons. The molecule has 1 unspecified atom stereocenters. The fraction of sp³-hybridized carbons (Fsp3) is 0.394. The summed E-state index contributed by atoms with van der Waals surface area (Å²) in [4.78, 5) is 0. The van der Waals surface area contributed by atoms with Crippen LogP contribution in [0.2, 0.25) is 5.02 Å². The first-order valence-corrected chi connectivity index (χ1v) is 17.7. The average Bonchev–Trinajstić information content (AvgIpc) is 3.39. The minimum Gasteiger partial charge on any atom is -0.272 e. The summed E-state index contributed by atoms with van der Waals surface area (Å²) < 4.78 is 31.8. The normalized spacial score (nSPS) is 12.5. The highest BCUT2D eigenvalue weighted by molar-refractivity contribution is 7.98. The summed E-state index contributed by atoms with van der Waals surface area (Å²) >= 11 is 8.05. The van der Waals surface area contributed by atoms with Gasteiger partial charge >= 0.3 is 0 Å². The smallest absolute Gasteiger partial charge is 0.212 e. The minimum atomic E-state index is -3.57. The Kier molecular flexibility index (Phi) is 12.1. The highest BCUT2D eigenvalue weighted by atomic mass is 35.5. The molecule has 1 atom stereocenters. The Labute approximate surface area is 260 Å². The summed E-state index contributed by atoms with van der Waals surface area (Å²) in [5.74, 6) is 1.33. The van der Waals surface area contributed by atoms with Gasteiger partial charge in [-0.1, -0.05) is 129 Å². The van der Waals surface area contributed by atoms with Crippen LogP contribution in [0.5, 0.6) is 0 Å². The summed E-state index contributed by atoms with van der Waals surface area (Å²) in [5.41, 5.74) is 5.22. The molecule has 0 bridgehead atoms. The lowest BCUT2D eigenvalue weighted by Crippen LogP contribution is -2.33. The van der Waals surface area contributed by atoms with Gasteiger partial charge in [0.25, 0.3) is 0 Å². The summed E-state index contributed by atoms with van der Waals surface area (Å²) in [5, 5.41) is 10.5. The van der Waals surface area contributed by atoms with Crippen molar-refractivity contribution in [3.05, 3.63) is 106 Å². The zero-order valence-electron chi connectivity index (χ0n) is 24.7. The Hall–Kier alpha value is -2.65. The van der Waals surface area contributed by atoms with Crippen LogP contribution in [-0.4, -0.2) is 28.9 Å². The summed E-state index contributed by atoms with van der Waals surface area (Å²) in [7, 11) is -3.57. The van der Waals surface area contributed by atoms with E-state index in [1.807, 2.05) is 60.0 Å². The third-order valence-electron chi connectivity index (χ3n) is 7.20. The van der Waals surface area contributed by atoms with Gasteiger partial charge in [-0.2, -0.15) is 0 Å². The summed E-state index contributed by atoms with van der Waals surface area (Å²) in [6.07, 6.45) is 6.53. The van der Waals surface area contributed by atoms with Crippen LogP contribution < -0.4 is 4.72 Å². The molecule has 0 aliphatic carbocycles. The number of aryl methyl sites for hydroxylation is 2. The fourth-order valence-corrected chi connectivity index (χ4v) is 7.37. The van der Waals surface area contributed by atoms with E-state index < -0.39 is 16.1 Å². The Morgan fingerprint density at radius 2 is 1.62 bits per heavy atom. The molecule has 224 valence electrons. The van der Waals surface area contributed by atoms with Crippen LogP contribution in [-0.2, 0) is 22.2 Å². The fourth-order valence-electron chi connectivity index (χ4n) is 4.98. The van der Waals surface area contributed by atoms with Crippen LogP contribution in [0.3, 0.4) is 0 Å². The maximum atomic E-state index is 13.4. The van der Waals surface area contributed by atoms with E-state index in [4.69, 9.17) is 11.6 Å². The lowest BCUT2D eigenvalue weighted by Gasteiger charge is -2.21. The lowest BCUT2D eigenvalue weighted by molar-refractivity contribution is 0.532. The zero-order chi connectivity index (χ0) is 30.0. The van der Waals surface area contributed by atoms with Gasteiger partial charge in [-0.05, 0) is 55.5 Å². The molecule has 6 nitrogen and oxygen atoms in total. The van der Waals surface area contributed by atoms with E-state index in [2.05, 4.69) is 53.0 Å². The van der Waals surface area contributed by atoms with Crippen LogP contribution in [0.25, 0.3) is 5.69 Å². The van der Waals surface area contributed by atoms with E-state index >= 15 is 0 Å². The molecule has 4 aromatic rings. The van der Waals surface area contributed by atoms with Crippen molar-refractivity contribution in [2.45, 2.75) is 82.7 Å². The predicted molar refractivity (Wildman–Crippen MR) is 175 cm³/mol. The van der Waals surface area contributed by atoms with Crippen molar-refractivity contribution >= 4 is 33.4 Å². The van der Waals surface area contributed by atoms with E-state index in [9.17, 15) is 8.42 Å². The van der Waals surface area contributed by atoms with Crippen molar-refractivity contribution in [1.82, 2.24) is 19.5 Å². The van der Waals surface area contributed by atoms with Crippen LogP contribution in [0.4, 0.5) is 0 Å². The number of hydrogen-bond acceptors (Lipinski definition) is 5. The van der Waals surface area contributed by atoms with E-state index in [0.717, 1.165) is 36.1 Å². The molecule has 1 aromatic heterocycles. The Balaban J connectivity index is 1.68. The Morgan fingerprint density at radius 3 is 2.38 bits per heavy atom. The number of benzene rings is 3. The Morgan fingerprint density at radius 1 is 0.881 bits per heavy atom. The number of sulfonamides is 1. The molecule has 3 aromatic carbocycles. The number of halogens is 1. The van der Waals surface area contributed by atoms with E-state index in [1.165, 1.54) is 24.0 Å². The van der Waals surface area contributed by atoms with Crippen LogP contribution >= 0.6 is 23.4 Å². The van der Waals surface area contributed by atoms with Crippen LogP contribution in [0.1, 0.15) is 79.6 Å². The number of nitrogens with one attached hydrogen (secondary N) is 1. The number of nitrogens with zero attached hydrogens (tertiary/aromatic N) is 3. The molecule has 42 heavy (non-hydrogen) atoms. The van der Waals surface area contributed by atoms with Crippen LogP contribution in [0.15, 0.2) is 78.0 Å². The molecule has 0 spiro atoms. The number of hydrogen-bond donors (Lipinski definition) is 1. The van der Waals surface area contributed by atoms with Crippen molar-refractivity contribution in [2.75, 3.05) is 5.75 Å². The van der Waals surface area contributed by atoms with Gasteiger partial charge in [0.15, 0.2) is 11.0 Å². The molecular formula is C33H41ClN4O2S2. The molecule has 0 saturated carbocycles. The van der Waals surface area contributed by atoms with Gasteiger partial charge in [0, 0.05) is 10.8 Å². The molecule has 1 heterocycles. The molecule has 0 aliphatic rings. The van der Waals surface area contributed by atoms with Gasteiger partial charge in [0.2, 0.25) is 10.0 Å². The molecule has 0 saturated heterocycles. The van der Waals surface area contributed by atoms with Crippen molar-refractivity contribution in [1.29, 1.82) is 0 Å². The zero-order valence-corrected chi connectivity index (χ0v) is 27.1. The average molecular weight is 625 g/mol. The summed E-state index contributed by atoms with van der Waals surface area (Å²) in [6.45, 7) is 6.27. The molecule has 4 rings (SSSR count). The van der Waals surface area contributed by atoms with E-state index in [0.29, 0.717) is 34.6 Å². The van der Waals surface area contributed by atoms with Gasteiger partial charge in [-0.15, -0.1) is 10.2 Å². The van der Waals surface area contributed by atoms with Crippen molar-refractivity contribution in [3.63, 3.8) is 0 Å². The molecule has 9 heteroatoms. The second kappa shape index (κ2) is 15.7. The third-order valence-corrected chi connectivity index (χ3v) is 9.91. The SMILES string of the molecule is CCCCCCCCS(=O)(=O)NC(Cc1ccccc1)c1nnc(SCc2cccc(C)c2)n1-c1cc(Cl)ccc1C. The van der Waals surface area contributed by atoms with Crippen molar-refractivity contribution < 1.29 is 8.42 Å². The first kappa shape index (κ1) is 32.3. The number of aromatic nitrogens is 3. The topological polar surface area (TPSA) is 76.9 Å². The van der Waals surface area contributed by atoms with E-state index in [-0.39, 0.29) is 5.75 Å². The monoisotopic (exact) mass is 624 g/mol. The van der Waals surface area contributed by atoms with Gasteiger partial charge in [-0.3, -0.25) is 4.57 Å². The number of unbranched alkanes of at least 4 members (excludes halogenated alkanes) is 5. The molecule has 0 aliphatic heterocycles. The molecule has 0 amide bonds. The predicted octanol–water partition coefficient (Wildman–Crippen LogP) is 8.39. The van der Waals surface area contributed by atoms with Crippen molar-refractivity contribution in [3.8, 4) is 5.69 Å². The highest BCUT2D eigenvalue weighted by Gasteiger charge is 2.28. The Bertz CT molecular complexity index is 1540. The minimum absolute atomic E-state index is 0.0870. The summed E-state index contributed by atoms with van der Waals surface area (Å²) in [6, 6.07) is 23.4. The van der Waals surface area contributed by atoms with Crippen LogP contribution in [0, 0.1) is 13.8 Å². The first-order valence-electron chi connectivity index (χ1n) is 14.7. The standard InChI is InChI=1S/C33H41ClN4O2S2/c1-4-5-6-7-8-12-20-42(39,40)37-30(22-27-15-10-9-11-16-27)32-35-36-33(41-24-28-17-13-14-25(2)21-28)38(32)31-23-29(34)19-18-26(31)3/h9-11,13-19,21,23,30,37H,4-8,12,20,22,24H2,1-3H3. The van der Waals surface area contributed by atoms with Gasteiger partial charge < -0.3 is 0 Å². The van der Waals surface area contributed by atoms with Gasteiger partial charge in [0.1, 0.15) is 0 Å². The first-order chi connectivity index (χ1) is 20.3. The maximum Gasteiger partial charge on any atom is 0.212 e. The lowest BCUT2D eigenvalue weighted by atomic mass is 10.1. The number of thioether (sulfide) groups is 1. The van der Waals surface area contributed by atoms with Gasteiger partial charge in [-0.25, -0.2) is 13.1 Å². The molecule has 1 N–H and O–H groups in total. The second-order valence-corrected chi connectivity index (χ2v) is 14.1. The third kappa shape index (κ3) is 9.43. The molecular weight excluding hydrogens is 584 g/mol. The van der Waals surface area contributed by atoms with Crippen molar-refractivity contribution in [2.24, 2.45) is 0 Å². The van der Waals surface area contributed by atoms with Gasteiger partial charge in [0.05, 0.1) is 17.5 Å². The van der Waals surface area contributed by atoms with E-state index in [1.54, 1.807) is 11.8 Å². The number of rotatable bonds is 16. The quantitative estimate of drug-likeness (QED) is 0.100. The maximum absolute atomic E-state index is 13.4. The largest absolute Gasteiger partial charge is 0.272 e.